The van der Waals surface area contributed by atoms with E-state index in [1.54, 1.807) is 30.4 Å². The molecule has 6 rings (SSSR count). The predicted molar refractivity (Wildman–Crippen MR) is 150 cm³/mol. The number of carbonyl (C=O) groups excluding carboxylic acids is 2. The van der Waals surface area contributed by atoms with Crippen molar-refractivity contribution in [2.75, 3.05) is 0 Å². The molecule has 2 aromatic heterocycles. The lowest BCUT2D eigenvalue weighted by Gasteiger charge is -2.36. The lowest BCUT2D eigenvalue weighted by atomic mass is 9.73. The maximum absolute atomic E-state index is 13.9. The molecule has 0 amide bonds. The molecule has 0 bridgehead atoms. The van der Waals surface area contributed by atoms with Crippen LogP contribution < -0.4 is 10.7 Å². The van der Waals surface area contributed by atoms with E-state index in [4.69, 9.17) is 9.15 Å². The molecule has 1 aliphatic carbocycles. The maximum Gasteiger partial charge on any atom is 0.337 e. The van der Waals surface area contributed by atoms with Crippen molar-refractivity contribution in [3.63, 3.8) is 0 Å². The summed E-state index contributed by atoms with van der Waals surface area (Å²) >= 11 is 1.63. The largest absolute Gasteiger partial charge is 0.464 e. The molecule has 196 valence electrons. The second-order valence-corrected chi connectivity index (χ2v) is 11.1. The Morgan fingerprint density at radius 1 is 1.05 bits per heavy atom. The molecule has 0 radical (unpaired) electrons. The fourth-order valence-electron chi connectivity index (χ4n) is 5.61. The second kappa shape index (κ2) is 10.2. The van der Waals surface area contributed by atoms with Crippen LogP contribution in [0.3, 0.4) is 0 Å². The molecule has 0 saturated heterocycles. The predicted octanol–water partition coefficient (Wildman–Crippen LogP) is 6.27. The molecule has 0 fully saturated rings. The third-order valence-corrected chi connectivity index (χ3v) is 8.51. The second-order valence-electron chi connectivity index (χ2n) is 10.1. The summed E-state index contributed by atoms with van der Waals surface area (Å²) in [5.41, 5.74) is 4.24. The summed E-state index contributed by atoms with van der Waals surface area (Å²) in [6.45, 7) is 3.78. The molecular formula is C32H27NO5S. The van der Waals surface area contributed by atoms with E-state index in [-0.39, 0.29) is 34.9 Å². The Bertz CT molecular complexity index is 1710. The SMILES string of the molecule is CC1=C(C(=O)OCc2ccccc2)[C@@H](c2coc3ccc(C)cc3c2=O)C2=C(C[C@@H](c3cccs3)CC2=O)N1. The highest BCUT2D eigenvalue weighted by molar-refractivity contribution is 7.10. The molecule has 2 aliphatic rings. The number of esters is 1. The van der Waals surface area contributed by atoms with Gasteiger partial charge in [-0.2, -0.15) is 0 Å². The van der Waals surface area contributed by atoms with Crippen molar-refractivity contribution in [1.29, 1.82) is 0 Å². The van der Waals surface area contributed by atoms with Crippen LogP contribution >= 0.6 is 11.3 Å². The molecule has 0 saturated carbocycles. The number of hydrogen-bond acceptors (Lipinski definition) is 7. The first kappa shape index (κ1) is 25.1. The molecule has 7 heteroatoms. The number of benzene rings is 2. The monoisotopic (exact) mass is 537 g/mol. The van der Waals surface area contributed by atoms with Crippen LogP contribution in [0.5, 0.6) is 0 Å². The van der Waals surface area contributed by atoms with Gasteiger partial charge in [-0.1, -0.05) is 48.0 Å². The van der Waals surface area contributed by atoms with Gasteiger partial charge < -0.3 is 14.5 Å². The molecule has 4 aromatic rings. The standard InChI is InChI=1S/C32H27NO5S/c1-18-10-11-26-22(13-18)31(35)23(17-37-26)29-28(32(36)38-16-20-7-4-3-5-8-20)19(2)33-24-14-21(15-25(34)30(24)29)27-9-6-12-39-27/h3-13,17,21,29,33H,14-16H2,1-2H3/t21-,29-/m1/s1. The summed E-state index contributed by atoms with van der Waals surface area (Å²) in [6.07, 6.45) is 2.32. The minimum Gasteiger partial charge on any atom is -0.464 e. The van der Waals surface area contributed by atoms with E-state index in [0.717, 1.165) is 21.7 Å². The van der Waals surface area contributed by atoms with Crippen LogP contribution in [0.4, 0.5) is 0 Å². The smallest absolute Gasteiger partial charge is 0.337 e. The van der Waals surface area contributed by atoms with Gasteiger partial charge in [0.05, 0.1) is 23.1 Å². The Morgan fingerprint density at radius 3 is 2.64 bits per heavy atom. The van der Waals surface area contributed by atoms with Gasteiger partial charge in [0, 0.05) is 39.7 Å². The number of aryl methyl sites for hydroxylation is 1. The number of rotatable bonds is 5. The molecule has 1 aliphatic heterocycles. The average molecular weight is 538 g/mol. The summed E-state index contributed by atoms with van der Waals surface area (Å²) < 4.78 is 11.6. The van der Waals surface area contributed by atoms with Gasteiger partial charge in [-0.25, -0.2) is 4.79 Å². The van der Waals surface area contributed by atoms with Crippen LogP contribution in [0.2, 0.25) is 0 Å². The number of dihydropyridines is 1. The van der Waals surface area contributed by atoms with Crippen molar-refractivity contribution in [3.8, 4) is 0 Å². The fourth-order valence-corrected chi connectivity index (χ4v) is 6.44. The molecule has 3 heterocycles. The van der Waals surface area contributed by atoms with Gasteiger partial charge in [-0.05, 0) is 49.4 Å². The molecule has 0 unspecified atom stereocenters. The van der Waals surface area contributed by atoms with Gasteiger partial charge in [0.1, 0.15) is 12.2 Å². The first-order valence-corrected chi connectivity index (χ1v) is 13.8. The fraction of sp³-hybridized carbons (Fsp3) is 0.219. The van der Waals surface area contributed by atoms with E-state index in [0.29, 0.717) is 35.1 Å². The zero-order valence-electron chi connectivity index (χ0n) is 21.7. The van der Waals surface area contributed by atoms with Crippen LogP contribution in [-0.4, -0.2) is 11.8 Å². The number of carbonyl (C=O) groups is 2. The van der Waals surface area contributed by atoms with Gasteiger partial charge in [0.15, 0.2) is 11.2 Å². The quantitative estimate of drug-likeness (QED) is 0.302. The van der Waals surface area contributed by atoms with Gasteiger partial charge in [-0.15, -0.1) is 11.3 Å². The highest BCUT2D eigenvalue weighted by Crippen LogP contribution is 2.46. The van der Waals surface area contributed by atoms with E-state index < -0.39 is 11.9 Å². The first-order valence-electron chi connectivity index (χ1n) is 12.9. The van der Waals surface area contributed by atoms with E-state index in [9.17, 15) is 14.4 Å². The zero-order chi connectivity index (χ0) is 27.1. The van der Waals surface area contributed by atoms with Crippen molar-refractivity contribution >= 4 is 34.1 Å². The molecule has 2 aromatic carbocycles. The molecule has 6 nitrogen and oxygen atoms in total. The van der Waals surface area contributed by atoms with Gasteiger partial charge in [-0.3, -0.25) is 9.59 Å². The minimum atomic E-state index is -0.887. The summed E-state index contributed by atoms with van der Waals surface area (Å²) in [6, 6.07) is 18.8. The van der Waals surface area contributed by atoms with Gasteiger partial charge in [0.2, 0.25) is 0 Å². The van der Waals surface area contributed by atoms with Crippen molar-refractivity contribution in [3.05, 3.63) is 127 Å². The molecule has 39 heavy (non-hydrogen) atoms. The Hall–Kier alpha value is -4.23. The normalized spacial score (nSPS) is 19.2. The van der Waals surface area contributed by atoms with Crippen LogP contribution in [-0.2, 0) is 20.9 Å². The summed E-state index contributed by atoms with van der Waals surface area (Å²) in [4.78, 5) is 42.5. The number of ketones is 1. The average Bonchev–Trinajstić information content (AvgIpc) is 3.47. The van der Waals surface area contributed by atoms with Crippen molar-refractivity contribution in [2.45, 2.75) is 45.1 Å². The van der Waals surface area contributed by atoms with Crippen molar-refractivity contribution in [2.24, 2.45) is 0 Å². The van der Waals surface area contributed by atoms with Crippen molar-refractivity contribution < 1.29 is 18.7 Å². The van der Waals surface area contributed by atoms with E-state index in [1.807, 2.05) is 60.8 Å². The zero-order valence-corrected chi connectivity index (χ0v) is 22.5. The Morgan fingerprint density at radius 2 is 1.87 bits per heavy atom. The highest BCUT2D eigenvalue weighted by Gasteiger charge is 2.43. The lowest BCUT2D eigenvalue weighted by Crippen LogP contribution is -2.37. The first-order chi connectivity index (χ1) is 18.9. The van der Waals surface area contributed by atoms with E-state index in [2.05, 4.69) is 5.32 Å². The number of allylic oxidation sites excluding steroid dienone is 3. The molecule has 2 atom stereocenters. The lowest BCUT2D eigenvalue weighted by molar-refractivity contribution is -0.140. The number of ether oxygens (including phenoxy) is 1. The Labute approximate surface area is 229 Å². The summed E-state index contributed by atoms with van der Waals surface area (Å²) in [5.74, 6) is -1.50. The number of hydrogen-bond donors (Lipinski definition) is 1. The number of thiophene rings is 1. The van der Waals surface area contributed by atoms with Crippen LogP contribution in [0.25, 0.3) is 11.0 Å². The Balaban J connectivity index is 1.46. The van der Waals surface area contributed by atoms with Gasteiger partial charge >= 0.3 is 5.97 Å². The van der Waals surface area contributed by atoms with Gasteiger partial charge in [0.25, 0.3) is 0 Å². The summed E-state index contributed by atoms with van der Waals surface area (Å²) in [7, 11) is 0. The highest BCUT2D eigenvalue weighted by atomic mass is 32.1. The molecular weight excluding hydrogens is 510 g/mol. The van der Waals surface area contributed by atoms with Crippen molar-refractivity contribution in [1.82, 2.24) is 5.32 Å². The minimum absolute atomic E-state index is 0.0412. The summed E-state index contributed by atoms with van der Waals surface area (Å²) in [5, 5.41) is 5.77. The third kappa shape index (κ3) is 4.63. The van der Waals surface area contributed by atoms with Crippen LogP contribution in [0.1, 0.15) is 53.2 Å². The Kier molecular flexibility index (Phi) is 6.53. The topological polar surface area (TPSA) is 85.6 Å². The van der Waals surface area contributed by atoms with E-state index in [1.165, 1.54) is 6.26 Å². The number of Topliss-reactive ketones (excluding diaryl/α,β-unsaturated/α-hetero) is 1. The molecule has 0 spiro atoms. The van der Waals surface area contributed by atoms with Crippen LogP contribution in [0, 0.1) is 6.92 Å². The number of fused-ring (bicyclic) bond motifs is 1. The maximum atomic E-state index is 13.9. The van der Waals surface area contributed by atoms with E-state index >= 15 is 0 Å². The van der Waals surface area contributed by atoms with Crippen LogP contribution in [0.15, 0.2) is 104 Å². The third-order valence-electron chi connectivity index (χ3n) is 7.47. The number of nitrogens with one attached hydrogen (secondary N) is 1. The molecule has 1 N–H and O–H groups in total.